The van der Waals surface area contributed by atoms with Crippen molar-refractivity contribution in [3.05, 3.63) is 35.4 Å². The summed E-state index contributed by atoms with van der Waals surface area (Å²) in [7, 11) is 0. The monoisotopic (exact) mass is 310 g/mol. The van der Waals surface area contributed by atoms with Crippen LogP contribution in [-0.4, -0.2) is 45.9 Å². The first-order chi connectivity index (χ1) is 11.1. The molecule has 0 radical (unpaired) electrons. The van der Waals surface area contributed by atoms with Gasteiger partial charge in [0.15, 0.2) is 0 Å². The number of benzene rings is 1. The quantitative estimate of drug-likeness (QED) is 0.505. The predicted molar refractivity (Wildman–Crippen MR) is 87.5 cm³/mol. The predicted octanol–water partition coefficient (Wildman–Crippen LogP) is 1.84. The molecule has 1 aromatic carbocycles. The molecule has 1 unspecified atom stereocenters. The Kier molecular flexibility index (Phi) is 2.10. The van der Waals surface area contributed by atoms with Gasteiger partial charge in [0.25, 0.3) is 0 Å². The average molecular weight is 310 g/mol. The van der Waals surface area contributed by atoms with E-state index in [1.807, 2.05) is 12.1 Å². The number of aliphatic hydroxyl groups excluding tert-OH is 1. The number of piperidine rings is 4. The number of rotatable bonds is 0. The van der Waals surface area contributed by atoms with Crippen molar-refractivity contribution in [3.8, 4) is 5.75 Å². The normalized spacial score (nSPS) is 52.6. The van der Waals surface area contributed by atoms with Crippen molar-refractivity contribution in [2.45, 2.75) is 49.4 Å². The molecule has 0 amide bonds. The molecule has 3 N–H and O–H groups in total. The van der Waals surface area contributed by atoms with Crippen molar-refractivity contribution in [3.63, 3.8) is 0 Å². The Bertz CT molecular complexity index is 760. The van der Waals surface area contributed by atoms with Crippen molar-refractivity contribution in [2.24, 2.45) is 11.8 Å². The van der Waals surface area contributed by atoms with Crippen LogP contribution >= 0.6 is 0 Å². The second kappa shape index (κ2) is 3.76. The van der Waals surface area contributed by atoms with Crippen LogP contribution < -0.4 is 5.32 Å². The zero-order valence-electron chi connectivity index (χ0n) is 13.2. The van der Waals surface area contributed by atoms with E-state index in [1.165, 1.54) is 5.57 Å². The summed E-state index contributed by atoms with van der Waals surface area (Å²) in [6.07, 6.45) is 4.15. The van der Waals surface area contributed by atoms with Crippen LogP contribution in [0.25, 0.3) is 0 Å². The maximum Gasteiger partial charge on any atom is 0.116 e. The van der Waals surface area contributed by atoms with Gasteiger partial charge in [-0.1, -0.05) is 11.6 Å². The van der Waals surface area contributed by atoms with Gasteiger partial charge in [-0.3, -0.25) is 4.90 Å². The van der Waals surface area contributed by atoms with E-state index in [1.54, 1.807) is 6.07 Å². The molecule has 23 heavy (non-hydrogen) atoms. The van der Waals surface area contributed by atoms with Crippen LogP contribution in [0.2, 0.25) is 0 Å². The van der Waals surface area contributed by atoms with Crippen molar-refractivity contribution in [1.82, 2.24) is 4.90 Å². The maximum atomic E-state index is 11.4. The number of aromatic hydroxyl groups is 1. The lowest BCUT2D eigenvalue weighted by molar-refractivity contribution is -0.0318. The van der Waals surface area contributed by atoms with Crippen LogP contribution in [0.15, 0.2) is 29.8 Å². The van der Waals surface area contributed by atoms with Crippen LogP contribution in [0, 0.1) is 11.8 Å². The fourth-order valence-corrected chi connectivity index (χ4v) is 6.90. The highest BCUT2D eigenvalue weighted by molar-refractivity contribution is 5.67. The van der Waals surface area contributed by atoms with Gasteiger partial charge in [0.1, 0.15) is 5.75 Å². The first kappa shape index (κ1) is 12.8. The molecule has 5 bridgehead atoms. The standard InChI is InChI=1S/C19H22N2O2/c1-2-9-8-21-14-6-11(9)16-15(21)7-19(18(16)23)12-5-10(22)3-4-13(12)20-17(14)19/h2-5,11,14-18,20,22-23H,6-8H2,1H3/b9-2-/t11-,14-,15-,16-,17-,18+,19+/m0/s1. The first-order valence-corrected chi connectivity index (χ1v) is 8.84. The van der Waals surface area contributed by atoms with E-state index < -0.39 is 0 Å². The molecule has 1 aliphatic carbocycles. The SMILES string of the molecule is C/C=C1/CN2[C@H]3C[C@@]45c6cc(O)ccc6N[C@H]4[C@@H]2C[C@@H]1[C@@H]3[C@H]5O. The summed E-state index contributed by atoms with van der Waals surface area (Å²) in [6, 6.07) is 6.91. The lowest BCUT2D eigenvalue weighted by atomic mass is 9.65. The second-order valence-electron chi connectivity index (χ2n) is 8.13. The number of allylic oxidation sites excluding steroid dienone is 1. The molecule has 1 aromatic rings. The maximum absolute atomic E-state index is 11.4. The van der Waals surface area contributed by atoms with Gasteiger partial charge in [-0.15, -0.1) is 0 Å². The fraction of sp³-hybridized carbons (Fsp3) is 0.579. The third kappa shape index (κ3) is 1.20. The van der Waals surface area contributed by atoms with Crippen LogP contribution in [0.1, 0.15) is 25.3 Å². The average Bonchev–Trinajstić information content (AvgIpc) is 3.01. The Morgan fingerprint density at radius 2 is 2.22 bits per heavy atom. The molecule has 0 aromatic heterocycles. The summed E-state index contributed by atoms with van der Waals surface area (Å²) in [4.78, 5) is 2.66. The molecule has 8 atom stereocenters. The number of hydrogen-bond acceptors (Lipinski definition) is 4. The van der Waals surface area contributed by atoms with Crippen molar-refractivity contribution >= 4 is 5.69 Å². The Morgan fingerprint density at radius 3 is 3.04 bits per heavy atom. The molecular weight excluding hydrogens is 288 g/mol. The smallest absolute Gasteiger partial charge is 0.116 e. The van der Waals surface area contributed by atoms with E-state index in [4.69, 9.17) is 0 Å². The van der Waals surface area contributed by atoms with Gasteiger partial charge in [0.2, 0.25) is 0 Å². The van der Waals surface area contributed by atoms with Gasteiger partial charge in [-0.05, 0) is 49.4 Å². The summed E-state index contributed by atoms with van der Waals surface area (Å²) in [5.41, 5.74) is 3.58. The number of nitrogens with one attached hydrogen (secondary N) is 1. The van der Waals surface area contributed by atoms with Crippen LogP contribution in [0.3, 0.4) is 0 Å². The third-order valence-electron chi connectivity index (χ3n) is 7.66. The van der Waals surface area contributed by atoms with Gasteiger partial charge in [-0.25, -0.2) is 0 Å². The molecule has 1 spiro atoms. The zero-order chi connectivity index (χ0) is 15.5. The van der Waals surface area contributed by atoms with E-state index in [0.29, 0.717) is 29.7 Å². The van der Waals surface area contributed by atoms with E-state index in [0.717, 1.165) is 30.6 Å². The first-order valence-electron chi connectivity index (χ1n) is 8.84. The van der Waals surface area contributed by atoms with Crippen LogP contribution in [0.4, 0.5) is 5.69 Å². The van der Waals surface area contributed by atoms with Crippen LogP contribution in [-0.2, 0) is 5.41 Å². The molecule has 5 fully saturated rings. The molecule has 5 aliphatic heterocycles. The number of phenols is 1. The van der Waals surface area contributed by atoms with Crippen molar-refractivity contribution in [1.29, 1.82) is 0 Å². The summed E-state index contributed by atoms with van der Waals surface area (Å²) in [5.74, 6) is 1.21. The largest absolute Gasteiger partial charge is 0.508 e. The van der Waals surface area contributed by atoms with Crippen molar-refractivity contribution < 1.29 is 10.2 Å². The van der Waals surface area contributed by atoms with Crippen LogP contribution in [0.5, 0.6) is 5.75 Å². The molecule has 120 valence electrons. The van der Waals surface area contributed by atoms with Gasteiger partial charge in [-0.2, -0.15) is 0 Å². The van der Waals surface area contributed by atoms with Gasteiger partial charge < -0.3 is 15.5 Å². The number of aliphatic hydroxyl groups is 1. The lowest BCUT2D eigenvalue weighted by Gasteiger charge is -2.57. The number of nitrogens with zero attached hydrogens (tertiary/aromatic N) is 1. The molecular formula is C19H22N2O2. The van der Waals surface area contributed by atoms with Gasteiger partial charge in [0, 0.05) is 35.6 Å². The Hall–Kier alpha value is -1.52. The summed E-state index contributed by atoms with van der Waals surface area (Å²) >= 11 is 0. The molecule has 1 saturated carbocycles. The number of fused-ring (bicyclic) bond motifs is 2. The minimum Gasteiger partial charge on any atom is -0.508 e. The topological polar surface area (TPSA) is 55.7 Å². The lowest BCUT2D eigenvalue weighted by Crippen LogP contribution is -2.66. The van der Waals surface area contributed by atoms with E-state index >= 15 is 0 Å². The molecule has 4 heteroatoms. The molecule has 6 aliphatic rings. The highest BCUT2D eigenvalue weighted by Gasteiger charge is 2.73. The minimum atomic E-state index is -0.316. The highest BCUT2D eigenvalue weighted by atomic mass is 16.3. The van der Waals surface area contributed by atoms with E-state index in [-0.39, 0.29) is 17.6 Å². The fourth-order valence-electron chi connectivity index (χ4n) is 6.90. The number of anilines is 1. The summed E-state index contributed by atoms with van der Waals surface area (Å²) in [5, 5.41) is 25.2. The Labute approximate surface area is 135 Å². The summed E-state index contributed by atoms with van der Waals surface area (Å²) < 4.78 is 0. The third-order valence-corrected chi connectivity index (χ3v) is 7.66. The minimum absolute atomic E-state index is 0.206. The Balaban J connectivity index is 1.59. The molecule has 4 nitrogen and oxygen atoms in total. The van der Waals surface area contributed by atoms with Crippen molar-refractivity contribution in [2.75, 3.05) is 11.9 Å². The van der Waals surface area contributed by atoms with Gasteiger partial charge in [0.05, 0.1) is 12.1 Å². The summed E-state index contributed by atoms with van der Waals surface area (Å²) in [6.45, 7) is 3.22. The highest BCUT2D eigenvalue weighted by Crippen LogP contribution is 2.66. The van der Waals surface area contributed by atoms with E-state index in [2.05, 4.69) is 23.2 Å². The number of hydrogen-bond donors (Lipinski definition) is 3. The second-order valence-corrected chi connectivity index (χ2v) is 8.13. The molecule has 4 saturated heterocycles. The zero-order valence-corrected chi connectivity index (χ0v) is 13.2. The van der Waals surface area contributed by atoms with Gasteiger partial charge >= 0.3 is 0 Å². The molecule has 7 rings (SSSR count). The molecule has 5 heterocycles. The van der Waals surface area contributed by atoms with E-state index in [9.17, 15) is 10.2 Å². The Morgan fingerprint density at radius 1 is 1.35 bits per heavy atom. The number of phenolic OH excluding ortho intramolecular Hbond substituents is 1.